The zero-order valence-corrected chi connectivity index (χ0v) is 12.3. The second-order valence-electron chi connectivity index (χ2n) is 4.60. The van der Waals surface area contributed by atoms with Crippen molar-refractivity contribution >= 4 is 11.7 Å². The Hall–Kier alpha value is -2.70. The number of rotatable bonds is 5. The topological polar surface area (TPSA) is 50.4 Å². The van der Waals surface area contributed by atoms with Gasteiger partial charge in [-0.3, -0.25) is 0 Å². The summed E-state index contributed by atoms with van der Waals surface area (Å²) in [5, 5.41) is 4.42. The lowest BCUT2D eigenvalue weighted by molar-refractivity contribution is 0.234. The minimum absolute atomic E-state index is 0.159. The number of benzene rings is 2. The molecule has 0 radical (unpaired) electrons. The maximum atomic E-state index is 13.4. The Kier molecular flexibility index (Phi) is 5.46. The molecule has 0 unspecified atom stereocenters. The van der Waals surface area contributed by atoms with Crippen molar-refractivity contribution in [2.24, 2.45) is 0 Å². The van der Waals surface area contributed by atoms with E-state index in [1.165, 1.54) is 0 Å². The van der Waals surface area contributed by atoms with Gasteiger partial charge in [0.1, 0.15) is 5.75 Å². The molecule has 0 saturated heterocycles. The lowest BCUT2D eigenvalue weighted by atomic mass is 10.1. The quantitative estimate of drug-likeness (QED) is 0.649. The molecule has 0 spiro atoms. The van der Waals surface area contributed by atoms with Crippen molar-refractivity contribution in [2.45, 2.75) is 13.3 Å². The number of urea groups is 1. The summed E-state index contributed by atoms with van der Waals surface area (Å²) in [6, 6.07) is 8.18. The first-order chi connectivity index (χ1) is 11.0. The summed E-state index contributed by atoms with van der Waals surface area (Å²) in [7, 11) is 0. The number of hydrogen-bond donors (Lipinski definition) is 2. The first-order valence-electron chi connectivity index (χ1n) is 6.92. The summed E-state index contributed by atoms with van der Waals surface area (Å²) in [6.07, 6.45) is 0.766. The van der Waals surface area contributed by atoms with E-state index in [2.05, 4.69) is 10.6 Å². The Labute approximate surface area is 131 Å². The molecule has 2 aromatic rings. The number of amides is 2. The van der Waals surface area contributed by atoms with Gasteiger partial charge >= 0.3 is 6.03 Å². The minimum Gasteiger partial charge on any atom is -0.473 e. The number of ether oxygens (including phenoxy) is 1. The summed E-state index contributed by atoms with van der Waals surface area (Å²) in [6.45, 7) is 1.81. The number of hydrogen-bond acceptors (Lipinski definition) is 2. The molecule has 2 rings (SSSR count). The third-order valence-corrected chi connectivity index (χ3v) is 3.10. The van der Waals surface area contributed by atoms with Crippen LogP contribution < -0.4 is 15.4 Å². The van der Waals surface area contributed by atoms with Gasteiger partial charge in [-0.1, -0.05) is 25.1 Å². The molecule has 0 aromatic heterocycles. The molecule has 0 heterocycles. The van der Waals surface area contributed by atoms with Gasteiger partial charge < -0.3 is 15.4 Å². The molecular weight excluding hydrogens is 309 g/mol. The molecule has 0 aliphatic heterocycles. The molecule has 2 N–H and O–H groups in total. The van der Waals surface area contributed by atoms with Crippen LogP contribution in [0.2, 0.25) is 0 Å². The fourth-order valence-electron chi connectivity index (χ4n) is 1.91. The molecule has 23 heavy (non-hydrogen) atoms. The van der Waals surface area contributed by atoms with Crippen LogP contribution in [0.4, 0.5) is 23.7 Å². The second kappa shape index (κ2) is 7.53. The molecular formula is C16H15F3N2O2. The van der Waals surface area contributed by atoms with Gasteiger partial charge in [0, 0.05) is 0 Å². The van der Waals surface area contributed by atoms with Crippen molar-refractivity contribution in [3.8, 4) is 5.75 Å². The smallest absolute Gasteiger partial charge is 0.321 e. The van der Waals surface area contributed by atoms with Crippen LogP contribution in [0.15, 0.2) is 36.4 Å². The van der Waals surface area contributed by atoms with Gasteiger partial charge in [0.05, 0.1) is 5.69 Å². The molecule has 7 heteroatoms. The highest BCUT2D eigenvalue weighted by molar-refractivity contribution is 5.89. The van der Waals surface area contributed by atoms with Crippen LogP contribution in [-0.2, 0) is 6.42 Å². The first kappa shape index (κ1) is 16.7. The van der Waals surface area contributed by atoms with E-state index in [1.54, 1.807) is 12.1 Å². The van der Waals surface area contributed by atoms with E-state index in [-0.39, 0.29) is 6.73 Å². The summed E-state index contributed by atoms with van der Waals surface area (Å²) < 4.78 is 44.7. The third kappa shape index (κ3) is 4.15. The highest BCUT2D eigenvalue weighted by Gasteiger charge is 2.15. The van der Waals surface area contributed by atoms with Crippen LogP contribution in [0, 0.1) is 17.5 Å². The van der Waals surface area contributed by atoms with Gasteiger partial charge in [-0.25, -0.2) is 18.0 Å². The van der Waals surface area contributed by atoms with E-state index in [0.29, 0.717) is 5.75 Å². The van der Waals surface area contributed by atoms with Crippen molar-refractivity contribution < 1.29 is 22.7 Å². The Morgan fingerprint density at radius 1 is 1.09 bits per heavy atom. The van der Waals surface area contributed by atoms with E-state index in [0.717, 1.165) is 24.1 Å². The molecule has 0 fully saturated rings. The van der Waals surface area contributed by atoms with Crippen LogP contribution in [0.5, 0.6) is 5.75 Å². The number of para-hydroxylation sites is 1. The highest BCUT2D eigenvalue weighted by atomic mass is 19.2. The van der Waals surface area contributed by atoms with Crippen LogP contribution in [0.3, 0.4) is 0 Å². The number of anilines is 1. The third-order valence-electron chi connectivity index (χ3n) is 3.10. The van der Waals surface area contributed by atoms with Crippen molar-refractivity contribution in [2.75, 3.05) is 12.0 Å². The molecule has 0 bridgehead atoms. The Morgan fingerprint density at radius 2 is 1.83 bits per heavy atom. The summed E-state index contributed by atoms with van der Waals surface area (Å²) >= 11 is 0. The van der Waals surface area contributed by atoms with Gasteiger partial charge in [0.2, 0.25) is 0 Å². The van der Waals surface area contributed by atoms with Gasteiger partial charge in [-0.2, -0.15) is 0 Å². The van der Waals surface area contributed by atoms with Crippen molar-refractivity contribution in [3.05, 3.63) is 59.4 Å². The average Bonchev–Trinajstić information content (AvgIpc) is 2.56. The normalized spacial score (nSPS) is 10.3. The lowest BCUT2D eigenvalue weighted by Gasteiger charge is -2.12. The standard InChI is InChI=1S/C16H15F3N2O2/c1-2-10-5-3-4-6-13(10)23-9-20-16(22)21-12-8-7-11(17)14(18)15(12)19/h3-8H,2,9H2,1H3,(H2,20,21,22). The fourth-order valence-corrected chi connectivity index (χ4v) is 1.91. The Balaban J connectivity index is 1.90. The number of nitrogens with one attached hydrogen (secondary N) is 2. The lowest BCUT2D eigenvalue weighted by Crippen LogP contribution is -2.32. The van der Waals surface area contributed by atoms with Gasteiger partial charge in [0.25, 0.3) is 0 Å². The summed E-state index contributed by atoms with van der Waals surface area (Å²) in [4.78, 5) is 11.6. The summed E-state index contributed by atoms with van der Waals surface area (Å²) in [5.41, 5.74) is 0.511. The Morgan fingerprint density at radius 3 is 2.57 bits per heavy atom. The van der Waals surface area contributed by atoms with Gasteiger partial charge in [-0.05, 0) is 30.2 Å². The molecule has 2 aromatic carbocycles. The van der Waals surface area contributed by atoms with Crippen molar-refractivity contribution in [1.82, 2.24) is 5.32 Å². The van der Waals surface area contributed by atoms with Crippen molar-refractivity contribution in [1.29, 1.82) is 0 Å². The SMILES string of the molecule is CCc1ccccc1OCNC(=O)Nc1ccc(F)c(F)c1F. The summed E-state index contributed by atoms with van der Waals surface area (Å²) in [5.74, 6) is -3.81. The number of carbonyl (C=O) groups is 1. The first-order valence-corrected chi connectivity index (χ1v) is 6.92. The molecule has 2 amide bonds. The fraction of sp³-hybridized carbons (Fsp3) is 0.188. The monoisotopic (exact) mass is 324 g/mol. The van der Waals surface area contributed by atoms with Crippen LogP contribution in [-0.4, -0.2) is 12.8 Å². The maximum Gasteiger partial charge on any atom is 0.321 e. The van der Waals surface area contributed by atoms with Crippen molar-refractivity contribution in [3.63, 3.8) is 0 Å². The van der Waals surface area contributed by atoms with E-state index in [4.69, 9.17) is 4.74 Å². The average molecular weight is 324 g/mol. The predicted octanol–water partition coefficient (Wildman–Crippen LogP) is 3.82. The molecule has 0 aliphatic carbocycles. The maximum absolute atomic E-state index is 13.4. The zero-order chi connectivity index (χ0) is 16.8. The van der Waals surface area contributed by atoms with Gasteiger partial charge in [-0.15, -0.1) is 0 Å². The second-order valence-corrected chi connectivity index (χ2v) is 4.60. The van der Waals surface area contributed by atoms with Crippen LogP contribution >= 0.6 is 0 Å². The predicted molar refractivity (Wildman–Crippen MR) is 79.8 cm³/mol. The van der Waals surface area contributed by atoms with Gasteiger partial charge in [0.15, 0.2) is 24.2 Å². The molecule has 0 atom stereocenters. The minimum atomic E-state index is -1.64. The number of halogens is 3. The molecule has 4 nitrogen and oxygen atoms in total. The number of aryl methyl sites for hydroxylation is 1. The largest absolute Gasteiger partial charge is 0.473 e. The zero-order valence-electron chi connectivity index (χ0n) is 12.3. The van der Waals surface area contributed by atoms with E-state index in [9.17, 15) is 18.0 Å². The van der Waals surface area contributed by atoms with E-state index in [1.807, 2.05) is 19.1 Å². The van der Waals surface area contributed by atoms with E-state index >= 15 is 0 Å². The highest BCUT2D eigenvalue weighted by Crippen LogP contribution is 2.20. The van der Waals surface area contributed by atoms with E-state index < -0.39 is 29.2 Å². The number of carbonyl (C=O) groups excluding carboxylic acids is 1. The molecule has 0 aliphatic rings. The Bertz CT molecular complexity index is 708. The van der Waals surface area contributed by atoms with Crippen LogP contribution in [0.25, 0.3) is 0 Å². The molecule has 0 saturated carbocycles. The molecule has 122 valence electrons. The van der Waals surface area contributed by atoms with Crippen LogP contribution in [0.1, 0.15) is 12.5 Å².